The molecule has 2 N–H and O–H groups in total. The third-order valence-corrected chi connectivity index (χ3v) is 7.31. The van der Waals surface area contributed by atoms with Gasteiger partial charge in [-0.1, -0.05) is 18.6 Å². The molecule has 5 unspecified atom stereocenters. The van der Waals surface area contributed by atoms with E-state index in [2.05, 4.69) is 24.0 Å². The number of methoxy groups -OCH3 is 1. The van der Waals surface area contributed by atoms with Gasteiger partial charge in [0.05, 0.1) is 12.5 Å². The number of carbonyl (C=O) groups excluding carboxylic acids is 1. The number of hydrogen-bond acceptors (Lipinski definition) is 3. The Hall–Kier alpha value is -1.55. The Kier molecular flexibility index (Phi) is 4.72. The number of nitrogens with zero attached hydrogens (tertiary/aromatic N) is 1. The quantitative estimate of drug-likeness (QED) is 0.881. The lowest BCUT2D eigenvalue weighted by molar-refractivity contribution is -0.146. The van der Waals surface area contributed by atoms with Gasteiger partial charge in [-0.25, -0.2) is 0 Å². The molecule has 0 spiro atoms. The number of likely N-dealkylation sites (tertiary alicyclic amines) is 1. The van der Waals surface area contributed by atoms with Crippen LogP contribution in [0, 0.1) is 23.2 Å². The Morgan fingerprint density at radius 2 is 2.19 bits per heavy atom. The Balaban J connectivity index is 1.63. The third kappa shape index (κ3) is 2.92. The minimum Gasteiger partial charge on any atom is -0.497 e. The number of fused-ring (bicyclic) bond motifs is 2. The maximum atomic E-state index is 13.8. The predicted molar refractivity (Wildman–Crippen MR) is 103 cm³/mol. The normalized spacial score (nSPS) is 35.9. The SMILES string of the molecule is COc1cccc(CC2(C(=O)N3CC(CN)CC3C)CC3CCC2C3)c1. The van der Waals surface area contributed by atoms with Gasteiger partial charge in [-0.2, -0.15) is 0 Å². The summed E-state index contributed by atoms with van der Waals surface area (Å²) in [6.07, 6.45) is 6.70. The average Bonchev–Trinajstić information content (AvgIpc) is 3.35. The summed E-state index contributed by atoms with van der Waals surface area (Å²) in [5.41, 5.74) is 6.92. The van der Waals surface area contributed by atoms with Gasteiger partial charge >= 0.3 is 0 Å². The highest BCUT2D eigenvalue weighted by Gasteiger charge is 2.57. The van der Waals surface area contributed by atoms with Crippen LogP contribution in [-0.2, 0) is 11.2 Å². The van der Waals surface area contributed by atoms with Crippen LogP contribution in [0.2, 0.25) is 0 Å². The van der Waals surface area contributed by atoms with E-state index in [1.165, 1.54) is 24.8 Å². The minimum absolute atomic E-state index is 0.215. The highest BCUT2D eigenvalue weighted by molar-refractivity contribution is 5.84. The molecule has 5 atom stereocenters. The van der Waals surface area contributed by atoms with Gasteiger partial charge in [0, 0.05) is 12.6 Å². The topological polar surface area (TPSA) is 55.6 Å². The summed E-state index contributed by atoms with van der Waals surface area (Å²) in [5, 5.41) is 0. The van der Waals surface area contributed by atoms with E-state index in [4.69, 9.17) is 10.5 Å². The summed E-state index contributed by atoms with van der Waals surface area (Å²) in [5.74, 6) is 3.01. The van der Waals surface area contributed by atoms with Crippen LogP contribution in [0.1, 0.15) is 44.6 Å². The second-order valence-corrected chi connectivity index (χ2v) is 8.91. The molecule has 3 aliphatic rings. The Morgan fingerprint density at radius 1 is 1.35 bits per heavy atom. The number of carbonyl (C=O) groups is 1. The van der Waals surface area contributed by atoms with Crippen molar-refractivity contribution >= 4 is 5.91 Å². The Morgan fingerprint density at radius 3 is 2.81 bits per heavy atom. The first-order valence-corrected chi connectivity index (χ1v) is 10.2. The molecule has 2 aliphatic carbocycles. The maximum Gasteiger partial charge on any atom is 0.229 e. The van der Waals surface area contributed by atoms with Gasteiger partial charge in [-0.05, 0) is 81.0 Å². The molecule has 4 nitrogen and oxygen atoms in total. The predicted octanol–water partition coefficient (Wildman–Crippen LogP) is 3.24. The summed E-state index contributed by atoms with van der Waals surface area (Å²) in [7, 11) is 1.70. The molecule has 1 aromatic rings. The van der Waals surface area contributed by atoms with Crippen molar-refractivity contribution in [1.29, 1.82) is 0 Å². The molecule has 1 heterocycles. The molecule has 2 bridgehead atoms. The van der Waals surface area contributed by atoms with Crippen LogP contribution >= 0.6 is 0 Å². The fourth-order valence-corrected chi connectivity index (χ4v) is 6.03. The summed E-state index contributed by atoms with van der Waals surface area (Å²) >= 11 is 0. The van der Waals surface area contributed by atoms with Crippen LogP contribution in [0.15, 0.2) is 24.3 Å². The van der Waals surface area contributed by atoms with E-state index < -0.39 is 0 Å². The van der Waals surface area contributed by atoms with Gasteiger partial charge in [0.25, 0.3) is 0 Å². The largest absolute Gasteiger partial charge is 0.497 e. The fraction of sp³-hybridized carbons (Fsp3) is 0.682. The number of ether oxygens (including phenoxy) is 1. The van der Waals surface area contributed by atoms with E-state index in [1.807, 2.05) is 12.1 Å². The van der Waals surface area contributed by atoms with Crippen molar-refractivity contribution in [2.24, 2.45) is 28.9 Å². The average molecular weight is 357 g/mol. The summed E-state index contributed by atoms with van der Waals surface area (Å²) in [4.78, 5) is 16.0. The smallest absolute Gasteiger partial charge is 0.229 e. The molecule has 0 radical (unpaired) electrons. The van der Waals surface area contributed by atoms with Crippen LogP contribution in [0.3, 0.4) is 0 Å². The molecule has 1 amide bonds. The van der Waals surface area contributed by atoms with Gasteiger partial charge in [-0.3, -0.25) is 4.79 Å². The number of nitrogens with two attached hydrogens (primary N) is 1. The van der Waals surface area contributed by atoms with Gasteiger partial charge in [0.1, 0.15) is 5.75 Å². The Bertz CT molecular complexity index is 676. The molecule has 2 saturated carbocycles. The highest BCUT2D eigenvalue weighted by Crippen LogP contribution is 2.58. The van der Waals surface area contributed by atoms with E-state index in [0.717, 1.165) is 37.5 Å². The zero-order valence-electron chi connectivity index (χ0n) is 16.1. The molecule has 26 heavy (non-hydrogen) atoms. The number of hydrogen-bond donors (Lipinski definition) is 1. The third-order valence-electron chi connectivity index (χ3n) is 7.31. The number of rotatable bonds is 5. The van der Waals surface area contributed by atoms with Crippen molar-refractivity contribution < 1.29 is 9.53 Å². The van der Waals surface area contributed by atoms with Crippen LogP contribution in [0.25, 0.3) is 0 Å². The van der Waals surface area contributed by atoms with Crippen molar-refractivity contribution in [3.8, 4) is 5.75 Å². The van der Waals surface area contributed by atoms with Gasteiger partial charge in [-0.15, -0.1) is 0 Å². The van der Waals surface area contributed by atoms with Crippen molar-refractivity contribution in [3.05, 3.63) is 29.8 Å². The molecule has 142 valence electrons. The molecule has 1 aromatic carbocycles. The number of amides is 1. The van der Waals surface area contributed by atoms with Gasteiger partial charge < -0.3 is 15.4 Å². The van der Waals surface area contributed by atoms with Crippen LogP contribution in [0.4, 0.5) is 0 Å². The molecular weight excluding hydrogens is 324 g/mol. The first-order valence-electron chi connectivity index (χ1n) is 10.2. The molecule has 3 fully saturated rings. The molecule has 1 aliphatic heterocycles. The van der Waals surface area contributed by atoms with E-state index in [-0.39, 0.29) is 5.41 Å². The van der Waals surface area contributed by atoms with Crippen LogP contribution in [0.5, 0.6) is 5.75 Å². The van der Waals surface area contributed by atoms with Gasteiger partial charge in [0.2, 0.25) is 5.91 Å². The Labute approximate surface area is 157 Å². The second kappa shape index (κ2) is 6.88. The lowest BCUT2D eigenvalue weighted by Crippen LogP contribution is -2.49. The maximum absolute atomic E-state index is 13.8. The van der Waals surface area contributed by atoms with Crippen molar-refractivity contribution in [2.75, 3.05) is 20.2 Å². The van der Waals surface area contributed by atoms with Crippen molar-refractivity contribution in [2.45, 2.75) is 51.5 Å². The van der Waals surface area contributed by atoms with Crippen molar-refractivity contribution in [1.82, 2.24) is 4.90 Å². The summed E-state index contributed by atoms with van der Waals surface area (Å²) in [6.45, 7) is 3.72. The zero-order chi connectivity index (χ0) is 18.3. The first-order chi connectivity index (χ1) is 12.6. The molecule has 0 aromatic heterocycles. The van der Waals surface area contributed by atoms with Gasteiger partial charge in [0.15, 0.2) is 0 Å². The first kappa shape index (κ1) is 17.8. The molecular formula is C22H32N2O2. The lowest BCUT2D eigenvalue weighted by atomic mass is 9.68. The molecule has 4 heteroatoms. The summed E-state index contributed by atoms with van der Waals surface area (Å²) in [6, 6.07) is 8.60. The highest BCUT2D eigenvalue weighted by atomic mass is 16.5. The van der Waals surface area contributed by atoms with Crippen LogP contribution < -0.4 is 10.5 Å². The molecule has 4 rings (SSSR count). The van der Waals surface area contributed by atoms with E-state index in [0.29, 0.717) is 30.3 Å². The lowest BCUT2D eigenvalue weighted by Gasteiger charge is -2.41. The van der Waals surface area contributed by atoms with Crippen molar-refractivity contribution in [3.63, 3.8) is 0 Å². The second-order valence-electron chi connectivity index (χ2n) is 8.91. The zero-order valence-corrected chi connectivity index (χ0v) is 16.1. The minimum atomic E-state index is -0.215. The van der Waals surface area contributed by atoms with E-state index in [9.17, 15) is 4.79 Å². The van der Waals surface area contributed by atoms with Crippen LogP contribution in [-0.4, -0.2) is 37.0 Å². The summed E-state index contributed by atoms with van der Waals surface area (Å²) < 4.78 is 5.41. The number of benzene rings is 1. The standard InChI is InChI=1S/C22H32N2O2/c1-15-8-18(13-23)14-24(15)21(25)22(12-17-6-7-19(22)9-17)11-16-4-3-5-20(10-16)26-2/h3-5,10,15,17-19H,6-9,11-14,23H2,1-2H3. The monoisotopic (exact) mass is 356 g/mol. The van der Waals surface area contributed by atoms with E-state index >= 15 is 0 Å². The molecule has 1 saturated heterocycles. The van der Waals surface area contributed by atoms with E-state index in [1.54, 1.807) is 7.11 Å². The fourth-order valence-electron chi connectivity index (χ4n) is 6.03.